The number of hydrogen-bond acceptors (Lipinski definition) is 26. The van der Waals surface area contributed by atoms with Crippen molar-refractivity contribution in [2.24, 2.45) is 9.98 Å². The Morgan fingerprint density at radius 1 is 0.467 bits per heavy atom. The molecule has 0 aromatic heterocycles. The van der Waals surface area contributed by atoms with Crippen LogP contribution in [0.1, 0.15) is 22.3 Å². The first kappa shape index (κ1) is 65.0. The van der Waals surface area contributed by atoms with Crippen LogP contribution in [0.2, 0.25) is 0 Å². The molecule has 0 bridgehead atoms. The van der Waals surface area contributed by atoms with Crippen molar-refractivity contribution in [2.45, 2.75) is 133 Å². The van der Waals surface area contributed by atoms with Gasteiger partial charge in [-0.25, -0.2) is 0 Å². The zero-order valence-corrected chi connectivity index (χ0v) is 45.1. The molecule has 26 nitrogen and oxygen atoms in total. The van der Waals surface area contributed by atoms with Crippen LogP contribution < -0.4 is 10.2 Å². The molecular weight excluding hydrogens is 1270 g/mol. The van der Waals surface area contributed by atoms with Crippen molar-refractivity contribution >= 4 is 47.3 Å². The van der Waals surface area contributed by atoms with Crippen LogP contribution in [0.25, 0.3) is 0 Å². The molecule has 14 N–H and O–H groups in total. The summed E-state index contributed by atoms with van der Waals surface area (Å²) in [4.78, 5) is 8.99. The van der Waals surface area contributed by atoms with E-state index >= 15 is 0 Å². The van der Waals surface area contributed by atoms with Crippen molar-refractivity contribution in [1.29, 1.82) is 0 Å². The van der Waals surface area contributed by atoms with Crippen molar-refractivity contribution in [3.05, 3.63) is 82.9 Å². The summed E-state index contributed by atoms with van der Waals surface area (Å²) in [5, 5.41) is 170. The van der Waals surface area contributed by atoms with Crippen LogP contribution in [0.3, 0.4) is 0 Å². The van der Waals surface area contributed by atoms with E-state index in [2.05, 4.69) is 9.98 Å². The third kappa shape index (κ3) is 15.6. The van der Waals surface area contributed by atoms with Crippen LogP contribution in [0.15, 0.2) is 70.6 Å². The zero-order valence-electron chi connectivity index (χ0n) is 39.3. The molecular formula is C46H58N2O24S2U-6. The molecule has 0 saturated carbocycles. The summed E-state index contributed by atoms with van der Waals surface area (Å²) in [6, 6.07) is 15.6. The summed E-state index contributed by atoms with van der Waals surface area (Å²) >= 11 is 2.08. The number of thioether (sulfide) groups is 2. The number of para-hydroxylation sites is 2. The van der Waals surface area contributed by atoms with Gasteiger partial charge in [0, 0.05) is 55.0 Å². The fourth-order valence-corrected chi connectivity index (χ4v) is 10.3. The normalized spacial score (nSPS) is 36.1. The minimum absolute atomic E-state index is 0. The SMILES string of the molecule is [O-2].[O-2].[O-]c1ccc(CS[C@@H]2O[C@H](CO[C@@H]3O[C@H](CO)[C@@H](O)[C@H](O)[C@H]3O)[C@@H](O)[C@H](O)[C@H]2O)cc1C=Nc1ccccc1N=Cc1cc(CS[C@@H]2O[C@H](CO[C@@H]3O[C@H](CO)[C@@H](O)[C@H](O)[C@H]3O)[C@@H](O)[C@H](O)[C@H]2O)ccc1[O-].[U]. The predicted octanol–water partition coefficient (Wildman–Crippen LogP) is -5.19. The summed E-state index contributed by atoms with van der Waals surface area (Å²) < 4.78 is 33.4. The smallest absolute Gasteiger partial charge is 0.186 e. The number of rotatable bonds is 18. The van der Waals surface area contributed by atoms with Gasteiger partial charge in [-0.15, -0.1) is 35.0 Å². The Hall–Kier alpha value is -2.53. The molecule has 29 heteroatoms. The second-order valence-corrected chi connectivity index (χ2v) is 19.6. The Labute approximate surface area is 460 Å². The number of aliphatic hydroxyl groups excluding tert-OH is 14. The van der Waals surface area contributed by atoms with Crippen LogP contribution in [-0.2, 0) is 50.9 Å². The Balaban J connectivity index is 0.00000406. The minimum Gasteiger partial charge on any atom is -2.00 e. The minimum atomic E-state index is -1.72. The second kappa shape index (κ2) is 29.6. The van der Waals surface area contributed by atoms with Crippen LogP contribution in [0.4, 0.5) is 11.4 Å². The van der Waals surface area contributed by atoms with Gasteiger partial charge in [0.2, 0.25) is 0 Å². The van der Waals surface area contributed by atoms with Gasteiger partial charge in [0.05, 0.1) is 37.8 Å². The van der Waals surface area contributed by atoms with E-state index in [-0.39, 0.29) is 76.2 Å². The number of benzene rings is 3. The summed E-state index contributed by atoms with van der Waals surface area (Å²) in [5.74, 6) is -0.451. The predicted molar refractivity (Wildman–Crippen MR) is 249 cm³/mol. The molecule has 4 heterocycles. The third-order valence-corrected chi connectivity index (χ3v) is 14.9. The Morgan fingerprint density at radius 2 is 0.813 bits per heavy atom. The molecule has 418 valence electrons. The number of aliphatic imine (C=N–C) groups is 2. The van der Waals surface area contributed by atoms with Gasteiger partial charge in [-0.1, -0.05) is 36.4 Å². The summed E-state index contributed by atoms with van der Waals surface area (Å²) in [6.45, 7) is -2.36. The summed E-state index contributed by atoms with van der Waals surface area (Å²) in [7, 11) is 0. The van der Waals surface area contributed by atoms with Crippen molar-refractivity contribution in [3.8, 4) is 11.5 Å². The molecule has 4 fully saturated rings. The maximum Gasteiger partial charge on any atom is 0.186 e. The van der Waals surface area contributed by atoms with E-state index in [9.17, 15) is 81.7 Å². The van der Waals surface area contributed by atoms with E-state index in [0.29, 0.717) is 22.5 Å². The first-order valence-corrected chi connectivity index (χ1v) is 24.7. The zero-order chi connectivity index (χ0) is 52.0. The van der Waals surface area contributed by atoms with Gasteiger partial charge in [0.15, 0.2) is 12.6 Å². The van der Waals surface area contributed by atoms with Gasteiger partial charge in [-0.3, -0.25) is 9.98 Å². The standard InChI is InChI=1S/C46H60N2O22S2.2O.U/c49-13-27-31(53)35(57)39(61)43(67-27)65-15-29-33(55)37(59)41(63)45(69-29)71-17-19-5-7-25(51)21(9-19)11-47-23-3-1-2-4-24(23)48-12-22-10-20(6-8-26(22)52)18-72-46-42(64)38(60)34(56)30(70-46)16-66-44-40(62)36(58)32(54)28(14-50)68-44;;;/h1-12,27-46,49-64H,13-18H2;;;/q;2*-2;/p-2/t27-,28-,29-,30-,31-,32-,33-,34-,35+,36+,37+,38+,39-,40-,41-,42-,43-,44-,45+,46+;;;/m1.../s1. The molecule has 3 aromatic rings. The van der Waals surface area contributed by atoms with Crippen LogP contribution >= 0.6 is 23.5 Å². The average molecular weight is 1330 g/mol. The fourth-order valence-electron chi connectivity index (χ4n) is 8.07. The Morgan fingerprint density at radius 3 is 1.17 bits per heavy atom. The Kier molecular flexibility index (Phi) is 25.7. The van der Waals surface area contributed by atoms with E-state index in [4.69, 9.17) is 28.4 Å². The monoisotopic (exact) mass is 1320 g/mol. The van der Waals surface area contributed by atoms with E-state index in [1.54, 1.807) is 48.5 Å². The second-order valence-electron chi connectivity index (χ2n) is 17.5. The largest absolute Gasteiger partial charge is 2.00 e. The Bertz CT molecular complexity index is 2140. The first-order valence-electron chi connectivity index (χ1n) is 22.6. The van der Waals surface area contributed by atoms with E-state index in [1.807, 2.05) is 0 Å². The van der Waals surface area contributed by atoms with Gasteiger partial charge in [0.25, 0.3) is 0 Å². The van der Waals surface area contributed by atoms with E-state index in [0.717, 1.165) is 23.5 Å². The molecule has 0 radical (unpaired) electrons. The molecule has 7 rings (SSSR count). The number of ether oxygens (including phenoxy) is 6. The molecule has 4 saturated heterocycles. The molecule has 75 heavy (non-hydrogen) atoms. The van der Waals surface area contributed by atoms with Crippen molar-refractivity contribution in [2.75, 3.05) is 26.4 Å². The first-order chi connectivity index (χ1) is 34.4. The molecule has 4 aliphatic rings. The van der Waals surface area contributed by atoms with Gasteiger partial charge >= 0.3 is 0 Å². The fraction of sp³-hybridized carbons (Fsp3) is 0.565. The van der Waals surface area contributed by atoms with Crippen molar-refractivity contribution < 1.29 is 152 Å². The number of aliphatic hydroxyl groups is 14. The van der Waals surface area contributed by atoms with Crippen LogP contribution in [-0.4, -0.2) is 231 Å². The topological polar surface area (TPSA) is 466 Å². The molecule has 0 spiro atoms. The van der Waals surface area contributed by atoms with Gasteiger partial charge in [-0.05, 0) is 46.5 Å². The maximum atomic E-state index is 12.9. The van der Waals surface area contributed by atoms with E-state index < -0.39 is 148 Å². The van der Waals surface area contributed by atoms with Crippen LogP contribution in [0.5, 0.6) is 11.5 Å². The summed E-state index contributed by atoms with van der Waals surface area (Å²) in [5.41, 5.74) is 0.00658. The molecule has 0 aliphatic carbocycles. The van der Waals surface area contributed by atoms with Gasteiger partial charge in [-0.2, -0.15) is 0 Å². The number of hydrogen-bond donors (Lipinski definition) is 14. The van der Waals surface area contributed by atoms with Gasteiger partial charge in [0.1, 0.15) is 109 Å². The molecule has 0 unspecified atom stereocenters. The van der Waals surface area contributed by atoms with E-state index in [1.165, 1.54) is 24.6 Å². The maximum absolute atomic E-state index is 12.9. The van der Waals surface area contributed by atoms with Crippen molar-refractivity contribution in [3.63, 3.8) is 0 Å². The summed E-state index contributed by atoms with van der Waals surface area (Å²) in [6.07, 6.45) is -25.2. The van der Waals surface area contributed by atoms with Crippen LogP contribution in [0, 0.1) is 31.1 Å². The van der Waals surface area contributed by atoms with Gasteiger partial charge < -0.3 is 121 Å². The molecule has 4 aliphatic heterocycles. The molecule has 20 atom stereocenters. The third-order valence-electron chi connectivity index (χ3n) is 12.4. The van der Waals surface area contributed by atoms with Crippen molar-refractivity contribution in [1.82, 2.24) is 0 Å². The quantitative estimate of drug-likeness (QED) is 0.0530. The molecule has 0 amide bonds. The number of nitrogens with zero attached hydrogens (tertiary/aromatic N) is 2. The average Bonchev–Trinajstić information content (AvgIpc) is 3.38. The molecule has 3 aromatic carbocycles.